The number of nitriles is 1. The van der Waals surface area contributed by atoms with Crippen molar-refractivity contribution in [3.05, 3.63) is 0 Å². The highest BCUT2D eigenvalue weighted by molar-refractivity contribution is 8.04. The average molecular weight is 125 g/mol. The number of rotatable bonds is 1. The molecule has 1 spiro atoms. The molecular formula is C6H7NS. The largest absolute Gasteiger partial charge is 0.185 e. The molecular weight excluding hydrogens is 118 g/mol. The first kappa shape index (κ1) is 4.69. The third-order valence-electron chi connectivity index (χ3n) is 2.20. The molecule has 2 rings (SSSR count). The van der Waals surface area contributed by atoms with Gasteiger partial charge in [-0.05, 0) is 36.4 Å². The van der Waals surface area contributed by atoms with Crippen LogP contribution < -0.4 is 0 Å². The van der Waals surface area contributed by atoms with Crippen molar-refractivity contribution < 1.29 is 0 Å². The van der Waals surface area contributed by atoms with E-state index in [1.165, 1.54) is 31.0 Å². The van der Waals surface area contributed by atoms with E-state index in [9.17, 15) is 0 Å². The van der Waals surface area contributed by atoms with Gasteiger partial charge in [-0.2, -0.15) is 5.26 Å². The van der Waals surface area contributed by atoms with Crippen LogP contribution in [0.15, 0.2) is 0 Å². The van der Waals surface area contributed by atoms with Crippen LogP contribution in [0.5, 0.6) is 0 Å². The summed E-state index contributed by atoms with van der Waals surface area (Å²) >= 11 is 1.47. The average Bonchev–Trinajstić information content (AvgIpc) is 2.57. The fourth-order valence-electron chi connectivity index (χ4n) is 1.23. The highest BCUT2D eigenvalue weighted by Gasteiger charge is 2.63. The van der Waals surface area contributed by atoms with Gasteiger partial charge < -0.3 is 0 Å². The quantitative estimate of drug-likeness (QED) is 0.498. The summed E-state index contributed by atoms with van der Waals surface area (Å²) in [6.45, 7) is 0. The Balaban J connectivity index is 1.90. The SMILES string of the molecule is N#CSC1CC12CC2. The fraction of sp³-hybridized carbons (Fsp3) is 0.833. The minimum absolute atomic E-state index is 0.709. The van der Waals surface area contributed by atoms with Crippen LogP contribution in [0.2, 0.25) is 0 Å². The summed E-state index contributed by atoms with van der Waals surface area (Å²) in [5.74, 6) is 0. The summed E-state index contributed by atoms with van der Waals surface area (Å²) in [5.41, 5.74) is 0.709. The standard InChI is InChI=1S/C6H7NS/c7-4-8-5-3-6(5)1-2-6/h5H,1-3H2. The summed E-state index contributed by atoms with van der Waals surface area (Å²) in [7, 11) is 0. The van der Waals surface area contributed by atoms with E-state index in [1.54, 1.807) is 0 Å². The van der Waals surface area contributed by atoms with Crippen molar-refractivity contribution in [3.63, 3.8) is 0 Å². The van der Waals surface area contributed by atoms with Gasteiger partial charge in [0, 0.05) is 5.25 Å². The van der Waals surface area contributed by atoms with E-state index in [2.05, 4.69) is 5.40 Å². The lowest BCUT2D eigenvalue weighted by atomic mass is 10.4. The number of hydrogen-bond donors (Lipinski definition) is 0. The Morgan fingerprint density at radius 2 is 2.38 bits per heavy atom. The van der Waals surface area contributed by atoms with E-state index in [0.29, 0.717) is 5.41 Å². The normalized spacial score (nSPS) is 36.6. The summed E-state index contributed by atoms with van der Waals surface area (Å²) in [5, 5.41) is 11.1. The topological polar surface area (TPSA) is 23.8 Å². The Hall–Kier alpha value is -0.160. The van der Waals surface area contributed by atoms with E-state index in [-0.39, 0.29) is 0 Å². The van der Waals surface area contributed by atoms with E-state index in [4.69, 9.17) is 5.26 Å². The van der Waals surface area contributed by atoms with Crippen LogP contribution in [-0.2, 0) is 0 Å². The van der Waals surface area contributed by atoms with E-state index in [0.717, 1.165) is 5.25 Å². The van der Waals surface area contributed by atoms with Crippen LogP contribution in [0.4, 0.5) is 0 Å². The zero-order chi connectivity index (χ0) is 5.61. The van der Waals surface area contributed by atoms with Gasteiger partial charge >= 0.3 is 0 Å². The van der Waals surface area contributed by atoms with E-state index < -0.39 is 0 Å². The highest BCUT2D eigenvalue weighted by atomic mass is 32.2. The van der Waals surface area contributed by atoms with Crippen molar-refractivity contribution in [3.8, 4) is 5.40 Å². The van der Waals surface area contributed by atoms with Crippen LogP contribution in [0, 0.1) is 16.1 Å². The van der Waals surface area contributed by atoms with Crippen LogP contribution >= 0.6 is 11.8 Å². The molecule has 0 aromatic carbocycles. The zero-order valence-electron chi connectivity index (χ0n) is 4.55. The minimum atomic E-state index is 0.709. The second kappa shape index (κ2) is 1.22. The van der Waals surface area contributed by atoms with Crippen LogP contribution in [0.3, 0.4) is 0 Å². The van der Waals surface area contributed by atoms with Gasteiger partial charge in [-0.3, -0.25) is 0 Å². The third-order valence-corrected chi connectivity index (χ3v) is 3.26. The first-order valence-electron chi connectivity index (χ1n) is 2.92. The molecule has 0 bridgehead atoms. The number of thioether (sulfide) groups is 1. The predicted molar refractivity (Wildman–Crippen MR) is 33.3 cm³/mol. The Morgan fingerprint density at radius 3 is 2.75 bits per heavy atom. The van der Waals surface area contributed by atoms with Crippen molar-refractivity contribution in [2.45, 2.75) is 24.5 Å². The number of nitrogens with zero attached hydrogens (tertiary/aromatic N) is 1. The van der Waals surface area contributed by atoms with Crippen LogP contribution in [-0.4, -0.2) is 5.25 Å². The molecule has 0 amide bonds. The van der Waals surface area contributed by atoms with Crippen LogP contribution in [0.1, 0.15) is 19.3 Å². The monoisotopic (exact) mass is 125 g/mol. The summed E-state index contributed by atoms with van der Waals surface area (Å²) < 4.78 is 0. The molecule has 42 valence electrons. The zero-order valence-corrected chi connectivity index (χ0v) is 5.37. The molecule has 1 nitrogen and oxygen atoms in total. The molecule has 0 heterocycles. The first-order chi connectivity index (χ1) is 3.87. The molecule has 2 heteroatoms. The Morgan fingerprint density at radius 1 is 1.62 bits per heavy atom. The summed E-state index contributed by atoms with van der Waals surface area (Å²) in [6.07, 6.45) is 4.12. The van der Waals surface area contributed by atoms with Crippen molar-refractivity contribution >= 4 is 11.8 Å². The lowest BCUT2D eigenvalue weighted by molar-refractivity contribution is 0.904. The van der Waals surface area contributed by atoms with Gasteiger partial charge in [0.05, 0.1) is 0 Å². The summed E-state index contributed by atoms with van der Waals surface area (Å²) in [4.78, 5) is 0. The Kier molecular flexibility index (Phi) is 0.715. The maximum absolute atomic E-state index is 8.25. The first-order valence-corrected chi connectivity index (χ1v) is 3.80. The lowest BCUT2D eigenvalue weighted by Gasteiger charge is -1.79. The van der Waals surface area contributed by atoms with Gasteiger partial charge in [0.15, 0.2) is 0 Å². The lowest BCUT2D eigenvalue weighted by Crippen LogP contribution is -1.74. The smallest absolute Gasteiger partial charge is 0.133 e. The molecule has 8 heavy (non-hydrogen) atoms. The molecule has 1 atom stereocenters. The summed E-state index contributed by atoms with van der Waals surface area (Å²) in [6, 6.07) is 0. The molecule has 2 fully saturated rings. The van der Waals surface area contributed by atoms with Gasteiger partial charge in [0.1, 0.15) is 5.40 Å². The van der Waals surface area contributed by atoms with Crippen LogP contribution in [0.25, 0.3) is 0 Å². The minimum Gasteiger partial charge on any atom is -0.185 e. The van der Waals surface area contributed by atoms with Gasteiger partial charge in [-0.25, -0.2) is 0 Å². The van der Waals surface area contributed by atoms with Crippen molar-refractivity contribution in [2.75, 3.05) is 0 Å². The van der Waals surface area contributed by atoms with E-state index in [1.807, 2.05) is 0 Å². The molecule has 2 saturated carbocycles. The molecule has 0 aliphatic heterocycles. The second-order valence-electron chi connectivity index (χ2n) is 2.76. The molecule has 0 aromatic heterocycles. The van der Waals surface area contributed by atoms with Crippen molar-refractivity contribution in [2.24, 2.45) is 5.41 Å². The molecule has 0 saturated heterocycles. The Bertz CT molecular complexity index is 154. The maximum Gasteiger partial charge on any atom is 0.133 e. The van der Waals surface area contributed by atoms with Gasteiger partial charge in [0.2, 0.25) is 0 Å². The van der Waals surface area contributed by atoms with Crippen molar-refractivity contribution in [1.82, 2.24) is 0 Å². The van der Waals surface area contributed by atoms with Gasteiger partial charge in [0.25, 0.3) is 0 Å². The second-order valence-corrected chi connectivity index (χ2v) is 3.75. The molecule has 0 aromatic rings. The van der Waals surface area contributed by atoms with Crippen molar-refractivity contribution in [1.29, 1.82) is 5.26 Å². The number of thiocyanates is 1. The van der Waals surface area contributed by atoms with Gasteiger partial charge in [-0.15, -0.1) is 0 Å². The molecule has 2 aliphatic carbocycles. The molecule has 2 aliphatic rings. The molecule has 0 N–H and O–H groups in total. The Labute approximate surface area is 53.1 Å². The predicted octanol–water partition coefficient (Wildman–Crippen LogP) is 1.75. The molecule has 0 radical (unpaired) electrons. The fourth-order valence-corrected chi connectivity index (χ4v) is 2.26. The maximum atomic E-state index is 8.25. The third kappa shape index (κ3) is 0.482. The number of hydrogen-bond acceptors (Lipinski definition) is 2. The highest BCUT2D eigenvalue weighted by Crippen LogP contribution is 2.70. The molecule has 1 unspecified atom stereocenters. The van der Waals surface area contributed by atoms with E-state index >= 15 is 0 Å². The van der Waals surface area contributed by atoms with Gasteiger partial charge in [-0.1, -0.05) is 0 Å².